The highest BCUT2D eigenvalue weighted by Crippen LogP contribution is 2.45. The minimum atomic E-state index is -0.556. The Labute approximate surface area is 250 Å². The van der Waals surface area contributed by atoms with Crippen molar-refractivity contribution in [1.82, 2.24) is 9.80 Å². The SMILES string of the molecule is CCOC(=O)C1CCN(C(=O)CC2=CSC3=NC(C)=C(C(=O)OCc4ccccc4)C(c4cccc(OC)c4)N23)CC1. The number of benzene rings is 2. The van der Waals surface area contributed by atoms with Crippen LogP contribution in [0.5, 0.6) is 5.75 Å². The molecule has 1 saturated heterocycles. The Balaban J connectivity index is 1.38. The number of thioether (sulfide) groups is 1. The van der Waals surface area contributed by atoms with Crippen molar-refractivity contribution in [1.29, 1.82) is 0 Å². The van der Waals surface area contributed by atoms with Crippen LogP contribution in [0.1, 0.15) is 50.3 Å². The summed E-state index contributed by atoms with van der Waals surface area (Å²) in [5.74, 6) is -0.205. The molecule has 1 amide bonds. The lowest BCUT2D eigenvalue weighted by atomic mass is 9.93. The van der Waals surface area contributed by atoms with E-state index >= 15 is 0 Å². The predicted molar refractivity (Wildman–Crippen MR) is 160 cm³/mol. The molecule has 0 radical (unpaired) electrons. The molecular weight excluding hydrogens is 554 g/mol. The molecular formula is C32H35N3O6S. The molecule has 5 rings (SSSR count). The van der Waals surface area contributed by atoms with Crippen molar-refractivity contribution in [3.8, 4) is 5.75 Å². The molecule has 3 aliphatic heterocycles. The van der Waals surface area contributed by atoms with Gasteiger partial charge in [0.15, 0.2) is 5.17 Å². The van der Waals surface area contributed by atoms with Crippen LogP contribution in [0.25, 0.3) is 0 Å². The van der Waals surface area contributed by atoms with Crippen LogP contribution in [0.4, 0.5) is 0 Å². The normalized spacial score (nSPS) is 18.7. The first-order valence-corrected chi connectivity index (χ1v) is 15.0. The largest absolute Gasteiger partial charge is 0.497 e. The summed E-state index contributed by atoms with van der Waals surface area (Å²) in [6, 6.07) is 16.5. The van der Waals surface area contributed by atoms with Gasteiger partial charge >= 0.3 is 11.9 Å². The predicted octanol–water partition coefficient (Wildman–Crippen LogP) is 5.21. The Hall–Kier alpha value is -4.05. The molecule has 0 N–H and O–H groups in total. The van der Waals surface area contributed by atoms with Gasteiger partial charge < -0.3 is 24.0 Å². The van der Waals surface area contributed by atoms with Crippen LogP contribution in [0.3, 0.4) is 0 Å². The summed E-state index contributed by atoms with van der Waals surface area (Å²) in [6.07, 6.45) is 1.31. The van der Waals surface area contributed by atoms with E-state index in [1.807, 2.05) is 71.8 Å². The van der Waals surface area contributed by atoms with Gasteiger partial charge in [-0.2, -0.15) is 0 Å². The van der Waals surface area contributed by atoms with Gasteiger partial charge in [-0.3, -0.25) is 9.59 Å². The number of rotatable bonds is 9. The Kier molecular flexibility index (Phi) is 9.31. The minimum Gasteiger partial charge on any atom is -0.497 e. The van der Waals surface area contributed by atoms with E-state index in [0.717, 1.165) is 16.8 Å². The van der Waals surface area contributed by atoms with Gasteiger partial charge in [-0.25, -0.2) is 9.79 Å². The molecule has 2 aromatic rings. The number of fused-ring (bicyclic) bond motifs is 1. The van der Waals surface area contributed by atoms with E-state index in [9.17, 15) is 14.4 Å². The summed E-state index contributed by atoms with van der Waals surface area (Å²) >= 11 is 1.43. The molecule has 9 nitrogen and oxygen atoms in total. The zero-order valence-electron chi connectivity index (χ0n) is 24.1. The van der Waals surface area contributed by atoms with Crippen LogP contribution >= 0.6 is 11.8 Å². The highest BCUT2D eigenvalue weighted by atomic mass is 32.2. The number of methoxy groups -OCH3 is 1. The first kappa shape index (κ1) is 29.4. The van der Waals surface area contributed by atoms with Crippen molar-refractivity contribution >= 4 is 34.8 Å². The van der Waals surface area contributed by atoms with E-state index in [4.69, 9.17) is 19.2 Å². The van der Waals surface area contributed by atoms with Crippen molar-refractivity contribution in [2.24, 2.45) is 10.9 Å². The van der Waals surface area contributed by atoms with Crippen molar-refractivity contribution in [2.45, 2.75) is 45.8 Å². The first-order chi connectivity index (χ1) is 20.4. The van der Waals surface area contributed by atoms with Crippen molar-refractivity contribution < 1.29 is 28.6 Å². The molecule has 2 aromatic carbocycles. The number of likely N-dealkylation sites (tertiary alicyclic amines) is 1. The second kappa shape index (κ2) is 13.3. The number of carbonyl (C=O) groups excluding carboxylic acids is 3. The lowest BCUT2D eigenvalue weighted by molar-refractivity contribution is -0.151. The Morgan fingerprint density at radius 3 is 2.50 bits per heavy atom. The molecule has 0 aromatic heterocycles. The number of hydrogen-bond donors (Lipinski definition) is 0. The molecule has 1 unspecified atom stereocenters. The van der Waals surface area contributed by atoms with Gasteiger partial charge in [0.05, 0.1) is 43.4 Å². The Morgan fingerprint density at radius 1 is 1.02 bits per heavy atom. The average Bonchev–Trinajstić information content (AvgIpc) is 3.41. The average molecular weight is 590 g/mol. The van der Waals surface area contributed by atoms with Crippen molar-refractivity contribution in [2.75, 3.05) is 26.8 Å². The van der Waals surface area contributed by atoms with Gasteiger partial charge in [0.2, 0.25) is 5.91 Å². The number of hydrogen-bond acceptors (Lipinski definition) is 9. The van der Waals surface area contributed by atoms with Gasteiger partial charge in [-0.15, -0.1) is 0 Å². The molecule has 220 valence electrons. The van der Waals surface area contributed by atoms with Crippen LogP contribution in [-0.2, 0) is 30.5 Å². The number of carbonyl (C=O) groups is 3. The fourth-order valence-electron chi connectivity index (χ4n) is 5.45. The highest BCUT2D eigenvalue weighted by molar-refractivity contribution is 8.16. The summed E-state index contributed by atoms with van der Waals surface area (Å²) in [4.78, 5) is 47.8. The number of amides is 1. The first-order valence-electron chi connectivity index (χ1n) is 14.1. The number of ether oxygens (including phenoxy) is 3. The third kappa shape index (κ3) is 6.38. The molecule has 0 saturated carbocycles. The van der Waals surface area contributed by atoms with Crippen LogP contribution < -0.4 is 4.74 Å². The van der Waals surface area contributed by atoms with Crippen molar-refractivity contribution in [3.05, 3.63) is 88.1 Å². The lowest BCUT2D eigenvalue weighted by Crippen LogP contribution is -2.42. The second-order valence-corrected chi connectivity index (χ2v) is 11.2. The second-order valence-electron chi connectivity index (χ2n) is 10.3. The monoisotopic (exact) mass is 589 g/mol. The van der Waals surface area contributed by atoms with E-state index < -0.39 is 12.0 Å². The van der Waals surface area contributed by atoms with Crippen LogP contribution in [-0.4, -0.2) is 59.6 Å². The number of esters is 2. The minimum absolute atomic E-state index is 0.0331. The van der Waals surface area contributed by atoms with E-state index in [0.29, 0.717) is 54.7 Å². The Morgan fingerprint density at radius 2 is 1.79 bits per heavy atom. The van der Waals surface area contributed by atoms with Crippen LogP contribution in [0, 0.1) is 5.92 Å². The van der Waals surface area contributed by atoms with Gasteiger partial charge in [-0.1, -0.05) is 54.2 Å². The molecule has 0 spiro atoms. The molecule has 0 bridgehead atoms. The summed E-state index contributed by atoms with van der Waals surface area (Å²) in [5.41, 5.74) is 3.45. The van der Waals surface area contributed by atoms with E-state index in [1.165, 1.54) is 11.8 Å². The molecule has 1 atom stereocenters. The molecule has 1 fully saturated rings. The number of aliphatic imine (C=N–C) groups is 1. The number of nitrogens with zero attached hydrogens (tertiary/aromatic N) is 3. The smallest absolute Gasteiger partial charge is 0.338 e. The van der Waals surface area contributed by atoms with E-state index in [1.54, 1.807) is 18.9 Å². The summed E-state index contributed by atoms with van der Waals surface area (Å²) in [6.45, 7) is 5.10. The number of piperidine rings is 1. The highest BCUT2D eigenvalue weighted by Gasteiger charge is 2.42. The van der Waals surface area contributed by atoms with Gasteiger partial charge in [0.25, 0.3) is 0 Å². The van der Waals surface area contributed by atoms with Crippen molar-refractivity contribution in [3.63, 3.8) is 0 Å². The third-order valence-corrected chi connectivity index (χ3v) is 8.53. The summed E-state index contributed by atoms with van der Waals surface area (Å²) in [5, 5.41) is 2.63. The quantitative estimate of drug-likeness (QED) is 0.368. The standard InChI is InChI=1S/C32H35N3O6S/c1-4-40-30(37)23-13-15-34(16-14-23)27(36)18-25-20-42-32-33-21(2)28(31(38)41-19-22-9-6-5-7-10-22)29(35(25)32)24-11-8-12-26(17-24)39-3/h5-12,17,20,23,29H,4,13-16,18-19H2,1-3H3. The fraction of sp³-hybridized carbons (Fsp3) is 0.375. The zero-order valence-corrected chi connectivity index (χ0v) is 24.9. The molecule has 10 heteroatoms. The molecule has 42 heavy (non-hydrogen) atoms. The van der Waals surface area contributed by atoms with Gasteiger partial charge in [0.1, 0.15) is 12.4 Å². The zero-order chi connectivity index (χ0) is 29.6. The maximum absolute atomic E-state index is 13.7. The van der Waals surface area contributed by atoms with E-state index in [-0.39, 0.29) is 30.8 Å². The maximum atomic E-state index is 13.7. The molecule has 3 aliphatic rings. The molecule has 0 aliphatic carbocycles. The maximum Gasteiger partial charge on any atom is 0.338 e. The van der Waals surface area contributed by atoms with E-state index in [2.05, 4.69) is 0 Å². The third-order valence-electron chi connectivity index (χ3n) is 7.64. The fourth-order valence-corrected chi connectivity index (χ4v) is 6.41. The van der Waals surface area contributed by atoms with Gasteiger partial charge in [0, 0.05) is 18.8 Å². The lowest BCUT2D eigenvalue weighted by Gasteiger charge is -2.37. The van der Waals surface area contributed by atoms with Crippen LogP contribution in [0.2, 0.25) is 0 Å². The van der Waals surface area contributed by atoms with Crippen LogP contribution in [0.15, 0.2) is 82.0 Å². The summed E-state index contributed by atoms with van der Waals surface area (Å²) < 4.78 is 16.5. The Bertz CT molecular complexity index is 1430. The molecule has 3 heterocycles. The summed E-state index contributed by atoms with van der Waals surface area (Å²) in [7, 11) is 1.60. The topological polar surface area (TPSA) is 97.7 Å². The van der Waals surface area contributed by atoms with Gasteiger partial charge in [-0.05, 0) is 55.4 Å². The number of amidine groups is 1. The number of allylic oxidation sites excluding steroid dienone is 1.